The van der Waals surface area contributed by atoms with E-state index in [1.54, 1.807) is 7.11 Å². The third-order valence-corrected chi connectivity index (χ3v) is 2.54. The maximum Gasteiger partial charge on any atom is 0.121 e. The molecule has 2 N–H and O–H groups in total. The molecule has 0 saturated carbocycles. The Hall–Kier alpha value is -1.90. The molecule has 0 spiro atoms. The monoisotopic (exact) mass is 231 g/mol. The average molecular weight is 231 g/mol. The van der Waals surface area contributed by atoms with E-state index in [-0.39, 0.29) is 6.10 Å². The van der Waals surface area contributed by atoms with E-state index in [1.165, 1.54) is 0 Å². The number of benzene rings is 2. The summed E-state index contributed by atoms with van der Waals surface area (Å²) in [4.78, 5) is 0. The molecule has 0 atom stereocenters. The zero-order valence-electron chi connectivity index (χ0n) is 10.4. The summed E-state index contributed by atoms with van der Waals surface area (Å²) in [7, 11) is 1.63. The quantitative estimate of drug-likeness (QED) is 0.825. The molecule has 0 aliphatic heterocycles. The average Bonchev–Trinajstić information content (AvgIpc) is 2.27. The fourth-order valence-electron chi connectivity index (χ4n) is 1.81. The molecule has 0 unspecified atom stereocenters. The van der Waals surface area contributed by atoms with Gasteiger partial charge in [0.15, 0.2) is 0 Å². The van der Waals surface area contributed by atoms with Gasteiger partial charge < -0.3 is 15.2 Å². The third-order valence-electron chi connectivity index (χ3n) is 2.54. The van der Waals surface area contributed by atoms with Crippen LogP contribution < -0.4 is 15.2 Å². The number of nitrogen functional groups attached to an aromatic ring is 1. The van der Waals surface area contributed by atoms with Crippen LogP contribution in [-0.4, -0.2) is 13.2 Å². The van der Waals surface area contributed by atoms with E-state index in [1.807, 2.05) is 44.2 Å². The number of hydrogen-bond acceptors (Lipinski definition) is 3. The molecule has 2 rings (SSSR count). The fraction of sp³-hybridized carbons (Fsp3) is 0.286. The van der Waals surface area contributed by atoms with E-state index in [2.05, 4.69) is 0 Å². The van der Waals surface area contributed by atoms with Gasteiger partial charge in [0.05, 0.1) is 13.2 Å². The minimum atomic E-state index is 0.162. The van der Waals surface area contributed by atoms with Gasteiger partial charge in [-0.05, 0) is 43.5 Å². The number of anilines is 1. The lowest BCUT2D eigenvalue weighted by Crippen LogP contribution is -2.05. The SMILES string of the molecule is COc1cc(N)c2ccc(OC(C)C)cc2c1. The lowest BCUT2D eigenvalue weighted by molar-refractivity contribution is 0.243. The van der Waals surface area contributed by atoms with Gasteiger partial charge in [-0.1, -0.05) is 0 Å². The van der Waals surface area contributed by atoms with Crippen LogP contribution in [0.25, 0.3) is 10.8 Å². The summed E-state index contributed by atoms with van der Waals surface area (Å²) in [6, 6.07) is 9.67. The van der Waals surface area contributed by atoms with Crippen molar-refractivity contribution in [3.05, 3.63) is 30.3 Å². The van der Waals surface area contributed by atoms with Gasteiger partial charge in [-0.25, -0.2) is 0 Å². The third kappa shape index (κ3) is 2.44. The van der Waals surface area contributed by atoms with Crippen molar-refractivity contribution in [1.29, 1.82) is 0 Å². The number of methoxy groups -OCH3 is 1. The normalized spacial score (nSPS) is 10.8. The molecule has 0 aliphatic carbocycles. The summed E-state index contributed by atoms with van der Waals surface area (Å²) in [5.41, 5.74) is 6.68. The molecular weight excluding hydrogens is 214 g/mol. The molecule has 0 aromatic heterocycles. The highest BCUT2D eigenvalue weighted by atomic mass is 16.5. The zero-order valence-corrected chi connectivity index (χ0v) is 10.4. The van der Waals surface area contributed by atoms with Crippen molar-refractivity contribution in [2.24, 2.45) is 0 Å². The first-order valence-corrected chi connectivity index (χ1v) is 5.64. The maximum absolute atomic E-state index is 5.96. The predicted molar refractivity (Wildman–Crippen MR) is 70.7 cm³/mol. The second-order valence-electron chi connectivity index (χ2n) is 4.27. The van der Waals surface area contributed by atoms with Crippen molar-refractivity contribution in [1.82, 2.24) is 0 Å². The van der Waals surface area contributed by atoms with Gasteiger partial charge in [-0.15, -0.1) is 0 Å². The Bertz CT molecular complexity index is 535. The van der Waals surface area contributed by atoms with Crippen LogP contribution in [0.5, 0.6) is 11.5 Å². The van der Waals surface area contributed by atoms with E-state index in [4.69, 9.17) is 15.2 Å². The molecule has 0 fully saturated rings. The lowest BCUT2D eigenvalue weighted by atomic mass is 10.1. The van der Waals surface area contributed by atoms with Crippen molar-refractivity contribution >= 4 is 16.5 Å². The number of rotatable bonds is 3. The van der Waals surface area contributed by atoms with Crippen LogP contribution in [0.15, 0.2) is 30.3 Å². The molecule has 0 saturated heterocycles. The van der Waals surface area contributed by atoms with Gasteiger partial charge in [0, 0.05) is 17.1 Å². The summed E-state index contributed by atoms with van der Waals surface area (Å²) in [5.74, 6) is 1.61. The molecule has 3 heteroatoms. The van der Waals surface area contributed by atoms with Crippen molar-refractivity contribution < 1.29 is 9.47 Å². The van der Waals surface area contributed by atoms with E-state index < -0.39 is 0 Å². The van der Waals surface area contributed by atoms with Crippen LogP contribution in [0.4, 0.5) is 5.69 Å². The number of nitrogens with two attached hydrogens (primary N) is 1. The van der Waals surface area contributed by atoms with E-state index in [0.29, 0.717) is 0 Å². The van der Waals surface area contributed by atoms with E-state index in [0.717, 1.165) is 28.0 Å². The Morgan fingerprint density at radius 1 is 1.06 bits per heavy atom. The summed E-state index contributed by atoms with van der Waals surface area (Å²) < 4.78 is 10.9. The molecule has 2 aromatic carbocycles. The van der Waals surface area contributed by atoms with E-state index >= 15 is 0 Å². The van der Waals surface area contributed by atoms with Gasteiger partial charge in [-0.3, -0.25) is 0 Å². The smallest absolute Gasteiger partial charge is 0.121 e. The van der Waals surface area contributed by atoms with Crippen LogP contribution in [0.1, 0.15) is 13.8 Å². The molecule has 0 aliphatic rings. The molecule has 17 heavy (non-hydrogen) atoms. The molecule has 2 aromatic rings. The van der Waals surface area contributed by atoms with Gasteiger partial charge in [0.25, 0.3) is 0 Å². The van der Waals surface area contributed by atoms with Crippen LogP contribution in [0.2, 0.25) is 0 Å². The first-order valence-electron chi connectivity index (χ1n) is 5.64. The van der Waals surface area contributed by atoms with Gasteiger partial charge in [-0.2, -0.15) is 0 Å². The lowest BCUT2D eigenvalue weighted by Gasteiger charge is -2.11. The molecule has 90 valence electrons. The second-order valence-corrected chi connectivity index (χ2v) is 4.27. The van der Waals surface area contributed by atoms with Crippen LogP contribution in [0, 0.1) is 0 Å². The van der Waals surface area contributed by atoms with Crippen molar-refractivity contribution in [3.63, 3.8) is 0 Å². The summed E-state index contributed by atoms with van der Waals surface area (Å²) >= 11 is 0. The van der Waals surface area contributed by atoms with Crippen LogP contribution in [-0.2, 0) is 0 Å². The molecule has 0 amide bonds. The summed E-state index contributed by atoms with van der Waals surface area (Å²) in [5, 5.41) is 2.04. The molecule has 3 nitrogen and oxygen atoms in total. The number of ether oxygens (including phenoxy) is 2. The Kier molecular flexibility index (Phi) is 3.09. The summed E-state index contributed by atoms with van der Waals surface area (Å²) in [6.45, 7) is 4.01. The molecule has 0 radical (unpaired) electrons. The largest absolute Gasteiger partial charge is 0.497 e. The van der Waals surface area contributed by atoms with Gasteiger partial charge in [0.2, 0.25) is 0 Å². The minimum absolute atomic E-state index is 0.162. The minimum Gasteiger partial charge on any atom is -0.497 e. The van der Waals surface area contributed by atoms with Crippen LogP contribution in [0.3, 0.4) is 0 Å². The maximum atomic E-state index is 5.96. The Labute approximate surface area is 101 Å². The van der Waals surface area contributed by atoms with Crippen LogP contribution >= 0.6 is 0 Å². The van der Waals surface area contributed by atoms with E-state index in [9.17, 15) is 0 Å². The molecule has 0 bridgehead atoms. The highest BCUT2D eigenvalue weighted by Gasteiger charge is 2.04. The van der Waals surface area contributed by atoms with Gasteiger partial charge in [0.1, 0.15) is 11.5 Å². The second kappa shape index (κ2) is 4.53. The molecular formula is C14H17NO2. The predicted octanol–water partition coefficient (Wildman–Crippen LogP) is 3.22. The molecule has 0 heterocycles. The standard InChI is InChI=1S/C14H17NO2/c1-9(2)17-11-4-5-13-10(6-11)7-12(16-3)8-14(13)15/h4-9H,15H2,1-3H3. The Morgan fingerprint density at radius 2 is 1.76 bits per heavy atom. The van der Waals surface area contributed by atoms with Gasteiger partial charge >= 0.3 is 0 Å². The number of hydrogen-bond donors (Lipinski definition) is 1. The van der Waals surface area contributed by atoms with Crippen molar-refractivity contribution in [2.45, 2.75) is 20.0 Å². The Balaban J connectivity index is 2.51. The van der Waals surface area contributed by atoms with Crippen molar-refractivity contribution in [2.75, 3.05) is 12.8 Å². The van der Waals surface area contributed by atoms with Crippen molar-refractivity contribution in [3.8, 4) is 11.5 Å². The highest BCUT2D eigenvalue weighted by molar-refractivity contribution is 5.95. The summed E-state index contributed by atoms with van der Waals surface area (Å²) in [6.07, 6.45) is 0.162. The topological polar surface area (TPSA) is 44.5 Å². The number of fused-ring (bicyclic) bond motifs is 1. The fourth-order valence-corrected chi connectivity index (χ4v) is 1.81. The zero-order chi connectivity index (χ0) is 12.4. The first-order chi connectivity index (χ1) is 8.10. The highest BCUT2D eigenvalue weighted by Crippen LogP contribution is 2.30. The first kappa shape index (κ1) is 11.6. The Morgan fingerprint density at radius 3 is 2.41 bits per heavy atom.